The van der Waals surface area contributed by atoms with Gasteiger partial charge in [-0.2, -0.15) is 0 Å². The lowest BCUT2D eigenvalue weighted by molar-refractivity contribution is -0.131. The second-order valence-corrected chi connectivity index (χ2v) is 5.09. The molecule has 1 rings (SSSR count). The van der Waals surface area contributed by atoms with Crippen LogP contribution in [0.1, 0.15) is 20.8 Å². The van der Waals surface area contributed by atoms with E-state index in [0.717, 1.165) is 26.2 Å². The van der Waals surface area contributed by atoms with E-state index in [9.17, 15) is 9.59 Å². The van der Waals surface area contributed by atoms with Gasteiger partial charge in [0.2, 0.25) is 11.8 Å². The van der Waals surface area contributed by atoms with Gasteiger partial charge in [0.05, 0.1) is 6.04 Å². The predicted octanol–water partition coefficient (Wildman–Crippen LogP) is -1.09. The van der Waals surface area contributed by atoms with Gasteiger partial charge in [-0.25, -0.2) is 0 Å². The van der Waals surface area contributed by atoms with Gasteiger partial charge < -0.3 is 16.4 Å². The molecule has 0 saturated carbocycles. The topological polar surface area (TPSA) is 87.5 Å². The fourth-order valence-corrected chi connectivity index (χ4v) is 2.08. The lowest BCUT2D eigenvalue weighted by Crippen LogP contribution is -2.56. The van der Waals surface area contributed by atoms with E-state index >= 15 is 0 Å². The Kier molecular flexibility index (Phi) is 5.55. The summed E-state index contributed by atoms with van der Waals surface area (Å²) in [7, 11) is 0. The quantitative estimate of drug-likeness (QED) is 0.583. The number of amides is 2. The Morgan fingerprint density at radius 2 is 1.78 bits per heavy atom. The summed E-state index contributed by atoms with van der Waals surface area (Å²) in [4.78, 5) is 25.4. The van der Waals surface area contributed by atoms with Crippen molar-refractivity contribution in [2.24, 2.45) is 11.7 Å². The number of piperazine rings is 1. The van der Waals surface area contributed by atoms with Crippen molar-refractivity contribution >= 4 is 11.8 Å². The van der Waals surface area contributed by atoms with E-state index < -0.39 is 11.9 Å². The van der Waals surface area contributed by atoms with Crippen molar-refractivity contribution in [1.29, 1.82) is 0 Å². The van der Waals surface area contributed by atoms with Gasteiger partial charge in [0.15, 0.2) is 0 Å². The van der Waals surface area contributed by atoms with E-state index in [-0.39, 0.29) is 17.9 Å². The lowest BCUT2D eigenvalue weighted by Gasteiger charge is -2.33. The van der Waals surface area contributed by atoms with Gasteiger partial charge in [0.1, 0.15) is 6.04 Å². The fraction of sp³-hybridized carbons (Fsp3) is 0.833. The summed E-state index contributed by atoms with van der Waals surface area (Å²) >= 11 is 0. The number of carbonyl (C=O) groups excluding carboxylic acids is 2. The number of rotatable bonds is 5. The van der Waals surface area contributed by atoms with Gasteiger partial charge in [0, 0.05) is 26.2 Å². The molecule has 1 heterocycles. The molecule has 18 heavy (non-hydrogen) atoms. The zero-order valence-corrected chi connectivity index (χ0v) is 11.4. The maximum absolute atomic E-state index is 12.1. The number of carbonyl (C=O) groups is 2. The van der Waals surface area contributed by atoms with E-state index in [1.54, 1.807) is 0 Å². The molecule has 1 aliphatic heterocycles. The van der Waals surface area contributed by atoms with Crippen LogP contribution in [-0.2, 0) is 9.59 Å². The third-order valence-electron chi connectivity index (χ3n) is 3.35. The smallest absolute Gasteiger partial charge is 0.240 e. The molecule has 0 aromatic carbocycles. The minimum atomic E-state index is -0.595. The molecule has 6 heteroatoms. The van der Waals surface area contributed by atoms with Gasteiger partial charge in [-0.15, -0.1) is 0 Å². The highest BCUT2D eigenvalue weighted by Crippen LogP contribution is 2.05. The number of nitrogens with two attached hydrogens (primary N) is 1. The zero-order chi connectivity index (χ0) is 13.7. The summed E-state index contributed by atoms with van der Waals surface area (Å²) < 4.78 is 0. The second-order valence-electron chi connectivity index (χ2n) is 5.09. The molecule has 0 bridgehead atoms. The summed E-state index contributed by atoms with van der Waals surface area (Å²) in [6, 6.07) is -0.824. The maximum Gasteiger partial charge on any atom is 0.240 e. The van der Waals surface area contributed by atoms with Gasteiger partial charge in [-0.1, -0.05) is 13.8 Å². The molecule has 0 radical (unpaired) electrons. The third-order valence-corrected chi connectivity index (χ3v) is 3.35. The van der Waals surface area contributed by atoms with Crippen LogP contribution in [0.2, 0.25) is 0 Å². The molecule has 4 N–H and O–H groups in total. The molecule has 0 aromatic rings. The van der Waals surface area contributed by atoms with Crippen molar-refractivity contribution in [3.63, 3.8) is 0 Å². The van der Waals surface area contributed by atoms with E-state index in [2.05, 4.69) is 15.5 Å². The first kappa shape index (κ1) is 14.9. The molecular weight excluding hydrogens is 232 g/mol. The monoisotopic (exact) mass is 256 g/mol. The Labute approximate surface area is 108 Å². The Morgan fingerprint density at radius 1 is 1.22 bits per heavy atom. The van der Waals surface area contributed by atoms with Crippen LogP contribution < -0.4 is 16.4 Å². The van der Waals surface area contributed by atoms with Crippen LogP contribution in [0, 0.1) is 5.92 Å². The van der Waals surface area contributed by atoms with Crippen molar-refractivity contribution in [2.45, 2.75) is 32.9 Å². The van der Waals surface area contributed by atoms with Crippen LogP contribution in [0.5, 0.6) is 0 Å². The molecule has 6 nitrogen and oxygen atoms in total. The third kappa shape index (κ3) is 3.96. The Balaban J connectivity index is 2.54. The van der Waals surface area contributed by atoms with E-state index in [1.807, 2.05) is 20.8 Å². The van der Waals surface area contributed by atoms with Crippen molar-refractivity contribution in [1.82, 2.24) is 15.5 Å². The SMILES string of the molecule is CC(C)C(NC(=O)C(C)N1CCNCC1)C(N)=O. The number of hydrogen-bond donors (Lipinski definition) is 3. The highest BCUT2D eigenvalue weighted by Gasteiger charge is 2.27. The second kappa shape index (κ2) is 6.70. The van der Waals surface area contributed by atoms with Crippen LogP contribution in [0.3, 0.4) is 0 Å². The average Bonchev–Trinajstić information content (AvgIpc) is 2.35. The van der Waals surface area contributed by atoms with Gasteiger partial charge in [-0.3, -0.25) is 14.5 Å². The first-order valence-electron chi connectivity index (χ1n) is 6.48. The molecule has 2 unspecified atom stereocenters. The van der Waals surface area contributed by atoms with E-state index in [4.69, 9.17) is 5.73 Å². The maximum atomic E-state index is 12.1. The van der Waals surface area contributed by atoms with Crippen LogP contribution in [0.4, 0.5) is 0 Å². The summed E-state index contributed by atoms with van der Waals surface area (Å²) in [6.45, 7) is 9.06. The lowest BCUT2D eigenvalue weighted by atomic mass is 10.0. The number of hydrogen-bond acceptors (Lipinski definition) is 4. The predicted molar refractivity (Wildman–Crippen MR) is 69.9 cm³/mol. The van der Waals surface area contributed by atoms with Gasteiger partial charge >= 0.3 is 0 Å². The van der Waals surface area contributed by atoms with Crippen molar-refractivity contribution in [3.05, 3.63) is 0 Å². The summed E-state index contributed by atoms with van der Waals surface area (Å²) in [5, 5.41) is 5.98. The van der Waals surface area contributed by atoms with Crippen LogP contribution in [-0.4, -0.2) is 55.0 Å². The minimum Gasteiger partial charge on any atom is -0.368 e. The largest absolute Gasteiger partial charge is 0.368 e. The fourth-order valence-electron chi connectivity index (χ4n) is 2.08. The minimum absolute atomic E-state index is 0.00155. The first-order valence-corrected chi connectivity index (χ1v) is 6.48. The molecule has 2 atom stereocenters. The van der Waals surface area contributed by atoms with Crippen LogP contribution in [0.15, 0.2) is 0 Å². The Morgan fingerprint density at radius 3 is 2.22 bits per heavy atom. The summed E-state index contributed by atoms with van der Waals surface area (Å²) in [6.07, 6.45) is 0. The standard InChI is InChI=1S/C12H24N4O2/c1-8(2)10(11(13)17)15-12(18)9(3)16-6-4-14-5-7-16/h8-10,14H,4-7H2,1-3H3,(H2,13,17)(H,15,18). The zero-order valence-electron chi connectivity index (χ0n) is 11.4. The normalized spacial score (nSPS) is 20.4. The summed E-state index contributed by atoms with van der Waals surface area (Å²) in [5.74, 6) is -0.609. The summed E-state index contributed by atoms with van der Waals surface area (Å²) in [5.41, 5.74) is 5.29. The van der Waals surface area contributed by atoms with Gasteiger partial charge in [-0.05, 0) is 12.8 Å². The highest BCUT2D eigenvalue weighted by atomic mass is 16.2. The molecule has 0 spiro atoms. The Bertz CT molecular complexity index is 300. The van der Waals surface area contributed by atoms with Crippen LogP contribution >= 0.6 is 0 Å². The van der Waals surface area contributed by atoms with Crippen molar-refractivity contribution in [2.75, 3.05) is 26.2 Å². The highest BCUT2D eigenvalue weighted by molar-refractivity contribution is 5.88. The molecule has 0 aliphatic carbocycles. The molecule has 1 aliphatic rings. The van der Waals surface area contributed by atoms with Crippen molar-refractivity contribution < 1.29 is 9.59 Å². The number of primary amides is 1. The van der Waals surface area contributed by atoms with Gasteiger partial charge in [0.25, 0.3) is 0 Å². The Hall–Kier alpha value is -1.14. The molecule has 104 valence electrons. The van der Waals surface area contributed by atoms with Crippen molar-refractivity contribution in [3.8, 4) is 0 Å². The molecular formula is C12H24N4O2. The molecule has 1 saturated heterocycles. The number of nitrogens with one attached hydrogen (secondary N) is 2. The average molecular weight is 256 g/mol. The first-order chi connectivity index (χ1) is 8.43. The molecule has 0 aromatic heterocycles. The molecule has 1 fully saturated rings. The number of nitrogens with zero attached hydrogens (tertiary/aromatic N) is 1. The van der Waals surface area contributed by atoms with E-state index in [1.165, 1.54) is 0 Å². The van der Waals surface area contributed by atoms with E-state index in [0.29, 0.717) is 0 Å². The van der Waals surface area contributed by atoms with Crippen LogP contribution in [0.25, 0.3) is 0 Å². The molecule has 2 amide bonds.